The van der Waals surface area contributed by atoms with Gasteiger partial charge in [0.1, 0.15) is 0 Å². The second kappa shape index (κ2) is 6.32. The molecular formula is C15H14N4OS. The summed E-state index contributed by atoms with van der Waals surface area (Å²) in [6.45, 7) is 0.595. The molecule has 3 aromatic rings. The summed E-state index contributed by atoms with van der Waals surface area (Å²) >= 11 is 1.69. The van der Waals surface area contributed by atoms with Gasteiger partial charge in [-0.25, -0.2) is 0 Å². The number of hydrogen-bond donors (Lipinski definition) is 1. The van der Waals surface area contributed by atoms with Gasteiger partial charge < -0.3 is 5.32 Å². The zero-order valence-electron chi connectivity index (χ0n) is 11.3. The highest BCUT2D eigenvalue weighted by atomic mass is 32.1. The zero-order valence-corrected chi connectivity index (χ0v) is 12.1. The molecule has 2 heterocycles. The van der Waals surface area contributed by atoms with Gasteiger partial charge in [0.25, 0.3) is 5.91 Å². The molecule has 0 saturated heterocycles. The normalized spacial score (nSPS) is 10.5. The summed E-state index contributed by atoms with van der Waals surface area (Å²) < 4.78 is 0. The minimum Gasteiger partial charge on any atom is -0.350 e. The van der Waals surface area contributed by atoms with E-state index in [9.17, 15) is 4.79 Å². The van der Waals surface area contributed by atoms with Crippen LogP contribution in [-0.2, 0) is 6.42 Å². The van der Waals surface area contributed by atoms with Crippen LogP contribution in [0.3, 0.4) is 0 Å². The Bertz CT molecular complexity index is 706. The van der Waals surface area contributed by atoms with Crippen LogP contribution in [0.4, 0.5) is 0 Å². The minimum absolute atomic E-state index is 0.200. The molecule has 0 bridgehead atoms. The molecule has 6 heteroatoms. The van der Waals surface area contributed by atoms with E-state index in [4.69, 9.17) is 0 Å². The average Bonchev–Trinajstić information content (AvgIpc) is 3.20. The second-order valence-electron chi connectivity index (χ2n) is 4.44. The molecule has 3 rings (SSSR count). The molecule has 0 spiro atoms. The summed E-state index contributed by atoms with van der Waals surface area (Å²) in [5.41, 5.74) is 1.15. The molecule has 2 aromatic heterocycles. The lowest BCUT2D eigenvalue weighted by Gasteiger charge is -2.01. The number of nitrogens with one attached hydrogen (secondary N) is 1. The Hall–Kier alpha value is -2.47. The average molecular weight is 298 g/mol. The Balaban J connectivity index is 1.59. The molecule has 106 valence electrons. The van der Waals surface area contributed by atoms with Crippen molar-refractivity contribution in [2.24, 2.45) is 0 Å². The van der Waals surface area contributed by atoms with Gasteiger partial charge in [0.2, 0.25) is 0 Å². The van der Waals surface area contributed by atoms with Crippen LogP contribution in [0.25, 0.3) is 5.69 Å². The van der Waals surface area contributed by atoms with E-state index >= 15 is 0 Å². The number of thiophene rings is 1. The first-order chi connectivity index (χ1) is 10.3. The Morgan fingerprint density at radius 3 is 2.81 bits per heavy atom. The molecule has 0 aliphatic heterocycles. The molecule has 1 amide bonds. The maximum Gasteiger partial charge on any atom is 0.273 e. The molecule has 0 saturated carbocycles. The fourth-order valence-corrected chi connectivity index (χ4v) is 2.61. The third-order valence-corrected chi connectivity index (χ3v) is 3.88. The van der Waals surface area contributed by atoms with E-state index < -0.39 is 0 Å². The van der Waals surface area contributed by atoms with Crippen molar-refractivity contribution in [2.45, 2.75) is 6.42 Å². The summed E-state index contributed by atoms with van der Waals surface area (Å²) in [6, 6.07) is 13.6. The quantitative estimate of drug-likeness (QED) is 0.786. The summed E-state index contributed by atoms with van der Waals surface area (Å²) in [5.74, 6) is -0.200. The van der Waals surface area contributed by atoms with Crippen molar-refractivity contribution >= 4 is 17.2 Å². The van der Waals surface area contributed by atoms with Crippen LogP contribution in [0, 0.1) is 0 Å². The monoisotopic (exact) mass is 298 g/mol. The number of benzene rings is 1. The lowest BCUT2D eigenvalue weighted by atomic mass is 10.3. The van der Waals surface area contributed by atoms with Crippen LogP contribution >= 0.6 is 11.3 Å². The van der Waals surface area contributed by atoms with E-state index in [1.54, 1.807) is 11.3 Å². The number of para-hydroxylation sites is 1. The van der Waals surface area contributed by atoms with Crippen LogP contribution in [0.1, 0.15) is 15.4 Å². The third kappa shape index (κ3) is 3.35. The van der Waals surface area contributed by atoms with Gasteiger partial charge in [-0.3, -0.25) is 4.79 Å². The molecule has 1 aromatic carbocycles. The van der Waals surface area contributed by atoms with E-state index in [-0.39, 0.29) is 5.91 Å². The van der Waals surface area contributed by atoms with Crippen LogP contribution in [0.5, 0.6) is 0 Å². The number of hydrogen-bond acceptors (Lipinski definition) is 4. The highest BCUT2D eigenvalue weighted by Gasteiger charge is 2.10. The molecule has 0 aliphatic rings. The van der Waals surface area contributed by atoms with Crippen molar-refractivity contribution in [2.75, 3.05) is 6.54 Å². The summed E-state index contributed by atoms with van der Waals surface area (Å²) in [5, 5.41) is 13.2. The number of aromatic nitrogens is 3. The van der Waals surface area contributed by atoms with Gasteiger partial charge in [-0.1, -0.05) is 24.3 Å². The first-order valence-corrected chi connectivity index (χ1v) is 7.49. The smallest absolute Gasteiger partial charge is 0.273 e. The van der Waals surface area contributed by atoms with Crippen molar-refractivity contribution in [1.29, 1.82) is 0 Å². The van der Waals surface area contributed by atoms with E-state index in [2.05, 4.69) is 21.6 Å². The standard InChI is InChI=1S/C15H14N4OS/c20-15(16-9-8-13-7-4-10-21-13)14-11-17-19(18-14)12-5-2-1-3-6-12/h1-7,10-11H,8-9H2,(H,16,20). The number of amides is 1. The Kier molecular flexibility index (Phi) is 4.07. The van der Waals surface area contributed by atoms with E-state index in [0.29, 0.717) is 12.2 Å². The van der Waals surface area contributed by atoms with Gasteiger partial charge in [-0.15, -0.1) is 16.4 Å². The van der Waals surface area contributed by atoms with E-state index in [1.807, 2.05) is 41.8 Å². The molecule has 0 unspecified atom stereocenters. The lowest BCUT2D eigenvalue weighted by molar-refractivity contribution is 0.0949. The molecular weight excluding hydrogens is 284 g/mol. The molecule has 0 atom stereocenters. The highest BCUT2D eigenvalue weighted by Crippen LogP contribution is 2.08. The number of carbonyl (C=O) groups excluding carboxylic acids is 1. The molecule has 0 aliphatic carbocycles. The molecule has 21 heavy (non-hydrogen) atoms. The second-order valence-corrected chi connectivity index (χ2v) is 5.47. The summed E-state index contributed by atoms with van der Waals surface area (Å²) in [4.78, 5) is 14.7. The third-order valence-electron chi connectivity index (χ3n) is 2.95. The van der Waals surface area contributed by atoms with Crippen molar-refractivity contribution in [3.05, 3.63) is 64.6 Å². The topological polar surface area (TPSA) is 59.8 Å². The summed E-state index contributed by atoms with van der Waals surface area (Å²) in [7, 11) is 0. The zero-order chi connectivity index (χ0) is 14.5. The number of carbonyl (C=O) groups is 1. The van der Waals surface area contributed by atoms with E-state index in [1.165, 1.54) is 15.9 Å². The number of nitrogens with zero attached hydrogens (tertiary/aromatic N) is 3. The van der Waals surface area contributed by atoms with Crippen LogP contribution < -0.4 is 5.32 Å². The van der Waals surface area contributed by atoms with Gasteiger partial charge in [0.05, 0.1) is 11.9 Å². The van der Waals surface area contributed by atoms with Crippen molar-refractivity contribution in [3.8, 4) is 5.69 Å². The fourth-order valence-electron chi connectivity index (χ4n) is 1.90. The Morgan fingerprint density at radius 2 is 2.05 bits per heavy atom. The minimum atomic E-state index is -0.200. The molecule has 0 radical (unpaired) electrons. The van der Waals surface area contributed by atoms with Crippen molar-refractivity contribution in [1.82, 2.24) is 20.3 Å². The van der Waals surface area contributed by atoms with Crippen LogP contribution in [-0.4, -0.2) is 27.4 Å². The van der Waals surface area contributed by atoms with Gasteiger partial charge >= 0.3 is 0 Å². The maximum absolute atomic E-state index is 12.0. The lowest BCUT2D eigenvalue weighted by Crippen LogP contribution is -2.26. The molecule has 0 fully saturated rings. The SMILES string of the molecule is O=C(NCCc1cccs1)c1cnn(-c2ccccc2)n1. The van der Waals surface area contributed by atoms with Gasteiger partial charge in [-0.2, -0.15) is 9.90 Å². The van der Waals surface area contributed by atoms with Crippen molar-refractivity contribution < 1.29 is 4.79 Å². The van der Waals surface area contributed by atoms with Crippen LogP contribution in [0.2, 0.25) is 0 Å². The first kappa shape index (κ1) is 13.5. The highest BCUT2D eigenvalue weighted by molar-refractivity contribution is 7.09. The van der Waals surface area contributed by atoms with Gasteiger partial charge in [0, 0.05) is 11.4 Å². The maximum atomic E-state index is 12.0. The molecule has 5 nitrogen and oxygen atoms in total. The van der Waals surface area contributed by atoms with Crippen molar-refractivity contribution in [3.63, 3.8) is 0 Å². The largest absolute Gasteiger partial charge is 0.350 e. The summed E-state index contributed by atoms with van der Waals surface area (Å²) in [6.07, 6.45) is 2.31. The molecule has 1 N–H and O–H groups in total. The predicted molar refractivity (Wildman–Crippen MR) is 81.7 cm³/mol. The Morgan fingerprint density at radius 1 is 1.19 bits per heavy atom. The van der Waals surface area contributed by atoms with Crippen LogP contribution in [0.15, 0.2) is 54.0 Å². The predicted octanol–water partition coefficient (Wildman–Crippen LogP) is 2.30. The van der Waals surface area contributed by atoms with Gasteiger partial charge in [-0.05, 0) is 30.0 Å². The fraction of sp³-hybridized carbons (Fsp3) is 0.133. The number of rotatable bonds is 5. The van der Waals surface area contributed by atoms with E-state index in [0.717, 1.165) is 12.1 Å². The Labute approximate surface area is 126 Å². The first-order valence-electron chi connectivity index (χ1n) is 6.61. The van der Waals surface area contributed by atoms with Gasteiger partial charge in [0.15, 0.2) is 5.69 Å².